The van der Waals surface area contributed by atoms with Gasteiger partial charge in [-0.2, -0.15) is 0 Å². The Balaban J connectivity index is 0.00000243. The van der Waals surface area contributed by atoms with Crippen LogP contribution in [0.5, 0.6) is 0 Å². The Morgan fingerprint density at radius 2 is 1.69 bits per heavy atom. The van der Waals surface area contributed by atoms with Gasteiger partial charge in [0.1, 0.15) is 12.6 Å². The molecule has 2 fully saturated rings. The van der Waals surface area contributed by atoms with Crippen LogP contribution in [0.3, 0.4) is 0 Å². The average Bonchev–Trinajstić information content (AvgIpc) is 3.00. The Morgan fingerprint density at radius 3 is 2.31 bits per heavy atom. The van der Waals surface area contributed by atoms with Crippen LogP contribution in [0.2, 0.25) is 0 Å². The number of ether oxygens (including phenoxy) is 2. The van der Waals surface area contributed by atoms with Crippen LogP contribution in [0, 0.1) is 0 Å². The van der Waals surface area contributed by atoms with Crippen molar-refractivity contribution in [3.05, 3.63) is 35.4 Å². The Kier molecular flexibility index (Phi) is 7.96. The van der Waals surface area contributed by atoms with E-state index in [1.54, 1.807) is 0 Å². The molecule has 2 unspecified atom stereocenters. The van der Waals surface area contributed by atoms with Gasteiger partial charge in [-0.25, -0.2) is 0 Å². The van der Waals surface area contributed by atoms with E-state index in [9.17, 15) is 0 Å². The minimum absolute atomic E-state index is 0. The number of quaternary nitrogens is 1. The molecule has 1 aromatic rings. The highest BCUT2D eigenvalue weighted by molar-refractivity contribution is 5.27. The molecule has 0 amide bonds. The number of nitrogens with zero attached hydrogens (tertiary/aromatic N) is 1. The minimum Gasteiger partial charge on any atom is -1.00 e. The van der Waals surface area contributed by atoms with Gasteiger partial charge in [0.05, 0.1) is 26.7 Å². The van der Waals surface area contributed by atoms with Crippen molar-refractivity contribution in [2.45, 2.75) is 70.7 Å². The molecule has 3 rings (SSSR count). The molecule has 0 saturated carbocycles. The normalized spacial score (nSPS) is 25.7. The highest BCUT2D eigenvalue weighted by atomic mass is 127. The first kappa shape index (κ1) is 22.1. The van der Waals surface area contributed by atoms with Crippen LogP contribution < -0.4 is 24.0 Å². The number of aryl methyl sites for hydroxylation is 1. The molecule has 2 aliphatic heterocycles. The molecule has 0 spiro atoms. The van der Waals surface area contributed by atoms with E-state index in [1.807, 2.05) is 0 Å². The molecular formula is C22H36INO2. The van der Waals surface area contributed by atoms with Gasteiger partial charge in [0.15, 0.2) is 6.29 Å². The minimum atomic E-state index is -0.0244. The summed E-state index contributed by atoms with van der Waals surface area (Å²) in [6.45, 7) is 11.2. The van der Waals surface area contributed by atoms with Crippen molar-refractivity contribution in [3.8, 4) is 0 Å². The first-order chi connectivity index (χ1) is 11.8. The molecule has 2 atom stereocenters. The largest absolute Gasteiger partial charge is 1.00 e. The van der Waals surface area contributed by atoms with E-state index < -0.39 is 0 Å². The lowest BCUT2D eigenvalue weighted by Crippen LogP contribution is -3.00. The number of hydrogen-bond acceptors (Lipinski definition) is 2. The topological polar surface area (TPSA) is 18.5 Å². The van der Waals surface area contributed by atoms with Crippen LogP contribution >= 0.6 is 0 Å². The molecule has 0 bridgehead atoms. The highest BCUT2D eigenvalue weighted by Crippen LogP contribution is 2.25. The Morgan fingerprint density at radius 1 is 1.04 bits per heavy atom. The SMILES string of the molecule is CC(C)(C)c1ccc(CCC2OCC(C[N+]3(C)CCCCC3)O2)cc1.[I-]. The fourth-order valence-corrected chi connectivity index (χ4v) is 4.16. The van der Waals surface area contributed by atoms with E-state index >= 15 is 0 Å². The summed E-state index contributed by atoms with van der Waals surface area (Å²) in [6, 6.07) is 9.03. The average molecular weight is 473 g/mol. The number of halogens is 1. The molecule has 0 aliphatic carbocycles. The summed E-state index contributed by atoms with van der Waals surface area (Å²) >= 11 is 0. The molecule has 3 nitrogen and oxygen atoms in total. The smallest absolute Gasteiger partial charge is 0.158 e. The van der Waals surface area contributed by atoms with Gasteiger partial charge >= 0.3 is 0 Å². The fourth-order valence-electron chi connectivity index (χ4n) is 4.16. The second kappa shape index (κ2) is 9.35. The van der Waals surface area contributed by atoms with Gasteiger partial charge in [0, 0.05) is 6.42 Å². The van der Waals surface area contributed by atoms with E-state index in [0.717, 1.165) is 30.5 Å². The molecule has 26 heavy (non-hydrogen) atoms. The summed E-state index contributed by atoms with van der Waals surface area (Å²) in [6.07, 6.45) is 6.34. The number of piperidine rings is 1. The number of benzene rings is 1. The van der Waals surface area contributed by atoms with Gasteiger partial charge in [-0.05, 0) is 42.2 Å². The lowest BCUT2D eigenvalue weighted by Gasteiger charge is -2.39. The third-order valence-corrected chi connectivity index (χ3v) is 5.84. The molecule has 1 aromatic carbocycles. The van der Waals surface area contributed by atoms with Crippen LogP contribution in [-0.4, -0.2) is 50.2 Å². The zero-order valence-corrected chi connectivity index (χ0v) is 19.1. The van der Waals surface area contributed by atoms with Crippen molar-refractivity contribution in [2.24, 2.45) is 0 Å². The predicted molar refractivity (Wildman–Crippen MR) is 103 cm³/mol. The van der Waals surface area contributed by atoms with Gasteiger partial charge in [0.2, 0.25) is 0 Å². The lowest BCUT2D eigenvalue weighted by atomic mass is 9.86. The fraction of sp³-hybridized carbons (Fsp3) is 0.727. The molecule has 2 aliphatic rings. The van der Waals surface area contributed by atoms with Crippen LogP contribution in [0.25, 0.3) is 0 Å². The quantitative estimate of drug-likeness (QED) is 0.474. The highest BCUT2D eigenvalue weighted by Gasteiger charge is 2.34. The van der Waals surface area contributed by atoms with E-state index in [1.165, 1.54) is 43.5 Å². The first-order valence-corrected chi connectivity index (χ1v) is 10.0. The monoisotopic (exact) mass is 473 g/mol. The van der Waals surface area contributed by atoms with E-state index in [0.29, 0.717) is 0 Å². The van der Waals surface area contributed by atoms with Gasteiger partial charge in [-0.1, -0.05) is 45.0 Å². The maximum atomic E-state index is 6.19. The number of likely N-dealkylation sites (N-methyl/N-ethyl adjacent to an activating group) is 1. The van der Waals surface area contributed by atoms with Crippen molar-refractivity contribution >= 4 is 0 Å². The second-order valence-corrected chi connectivity index (χ2v) is 9.32. The standard InChI is InChI=1S/C22H36NO2.HI/c1-22(2,3)19-11-8-18(9-12-19)10-13-21-24-17-20(25-21)16-23(4)14-6-5-7-15-23;/h8-9,11-12,20-21H,5-7,10,13-17H2,1-4H3;1H/q+1;/p-1. The van der Waals surface area contributed by atoms with E-state index in [2.05, 4.69) is 52.1 Å². The van der Waals surface area contributed by atoms with Crippen LogP contribution in [-0.2, 0) is 21.3 Å². The molecule has 0 aromatic heterocycles. The van der Waals surface area contributed by atoms with Crippen molar-refractivity contribution in [1.82, 2.24) is 0 Å². The summed E-state index contributed by atoms with van der Waals surface area (Å²) in [5.74, 6) is 0. The van der Waals surface area contributed by atoms with Crippen LogP contribution in [0.1, 0.15) is 57.6 Å². The third kappa shape index (κ3) is 6.18. The molecule has 4 heteroatoms. The molecule has 2 heterocycles. The van der Waals surface area contributed by atoms with Crippen LogP contribution in [0.15, 0.2) is 24.3 Å². The zero-order valence-electron chi connectivity index (χ0n) is 17.0. The Bertz CT molecular complexity index is 546. The molecule has 0 radical (unpaired) electrons. The summed E-state index contributed by atoms with van der Waals surface area (Å²) in [4.78, 5) is 0. The third-order valence-electron chi connectivity index (χ3n) is 5.84. The van der Waals surface area contributed by atoms with E-state index in [-0.39, 0.29) is 41.8 Å². The predicted octanol–water partition coefficient (Wildman–Crippen LogP) is 1.29. The Labute approximate surface area is 177 Å². The maximum Gasteiger partial charge on any atom is 0.158 e. The number of rotatable bonds is 5. The summed E-state index contributed by atoms with van der Waals surface area (Å²) in [5.41, 5.74) is 2.98. The van der Waals surface area contributed by atoms with Crippen molar-refractivity contribution in [2.75, 3.05) is 33.3 Å². The molecule has 148 valence electrons. The van der Waals surface area contributed by atoms with Gasteiger partial charge in [-0.15, -0.1) is 0 Å². The Hall–Kier alpha value is -0.170. The number of likely N-dealkylation sites (tertiary alicyclic amines) is 1. The summed E-state index contributed by atoms with van der Waals surface area (Å²) < 4.78 is 13.3. The number of hydrogen-bond donors (Lipinski definition) is 0. The van der Waals surface area contributed by atoms with Gasteiger partial charge in [-0.3, -0.25) is 0 Å². The molecular weight excluding hydrogens is 437 g/mol. The molecule has 0 N–H and O–H groups in total. The van der Waals surface area contributed by atoms with E-state index in [4.69, 9.17) is 9.47 Å². The zero-order chi connectivity index (χ0) is 17.9. The van der Waals surface area contributed by atoms with Crippen molar-refractivity contribution in [1.29, 1.82) is 0 Å². The maximum absolute atomic E-state index is 6.19. The van der Waals surface area contributed by atoms with Crippen molar-refractivity contribution in [3.63, 3.8) is 0 Å². The lowest BCUT2D eigenvalue weighted by molar-refractivity contribution is -0.916. The van der Waals surface area contributed by atoms with Crippen molar-refractivity contribution < 1.29 is 37.9 Å². The van der Waals surface area contributed by atoms with Gasteiger partial charge in [0.25, 0.3) is 0 Å². The van der Waals surface area contributed by atoms with Crippen LogP contribution in [0.4, 0.5) is 0 Å². The summed E-state index contributed by atoms with van der Waals surface area (Å²) in [5, 5.41) is 0. The summed E-state index contributed by atoms with van der Waals surface area (Å²) in [7, 11) is 2.38. The van der Waals surface area contributed by atoms with Gasteiger partial charge < -0.3 is 37.9 Å². The second-order valence-electron chi connectivity index (χ2n) is 9.32. The molecule has 2 saturated heterocycles. The first-order valence-electron chi connectivity index (χ1n) is 10.0.